The third-order valence-corrected chi connectivity index (χ3v) is 3.63. The molecule has 0 spiro atoms. The maximum Gasteiger partial charge on any atom is 0.295 e. The Labute approximate surface area is 91.7 Å². The van der Waals surface area contributed by atoms with Crippen molar-refractivity contribution >= 4 is 26.5 Å². The van der Waals surface area contributed by atoms with E-state index >= 15 is 0 Å². The van der Waals surface area contributed by atoms with E-state index in [0.29, 0.717) is 16.7 Å². The lowest BCUT2D eigenvalue weighted by Gasteiger charge is -2.02. The molecule has 0 radical (unpaired) electrons. The zero-order valence-electron chi connectivity index (χ0n) is 8.13. The molecule has 0 aliphatic carbocycles. The van der Waals surface area contributed by atoms with Crippen LogP contribution in [-0.4, -0.2) is 38.0 Å². The second kappa shape index (κ2) is 5.24. The smallest absolute Gasteiger partial charge is 0.295 e. The van der Waals surface area contributed by atoms with Crippen LogP contribution in [0.2, 0.25) is 0 Å². The summed E-state index contributed by atoms with van der Waals surface area (Å²) in [6, 6.07) is 0. The molecule has 0 amide bonds. The van der Waals surface area contributed by atoms with E-state index in [1.54, 1.807) is 0 Å². The number of ether oxygens (including phenoxy) is 1. The van der Waals surface area contributed by atoms with Gasteiger partial charge < -0.3 is 10.5 Å². The van der Waals surface area contributed by atoms with Crippen LogP contribution in [0.3, 0.4) is 0 Å². The molecule has 0 unspecified atom stereocenters. The minimum atomic E-state index is -3.16. The summed E-state index contributed by atoms with van der Waals surface area (Å²) in [6.07, 6.45) is 0.392. The van der Waals surface area contributed by atoms with Crippen molar-refractivity contribution in [2.75, 3.05) is 25.1 Å². The first-order valence-electron chi connectivity index (χ1n) is 4.16. The standard InChI is InChI=1S/C6H12N4O3S2/c1-8-15(11,12)4-2-3-13-6-10-9-5(7)14-6/h8H,2-4H2,1H3,(H2,7,9). The number of rotatable bonds is 6. The summed E-state index contributed by atoms with van der Waals surface area (Å²) in [7, 11) is -1.78. The Balaban J connectivity index is 2.23. The Morgan fingerprint density at radius 3 is 2.80 bits per heavy atom. The van der Waals surface area contributed by atoms with Gasteiger partial charge in [0.05, 0.1) is 12.4 Å². The molecule has 1 aromatic rings. The quantitative estimate of drug-likeness (QED) is 0.657. The molecule has 1 heterocycles. The SMILES string of the molecule is CNS(=O)(=O)CCCOc1nnc(N)s1. The minimum absolute atomic E-state index is 0.0256. The molecular weight excluding hydrogens is 240 g/mol. The maximum atomic E-state index is 11.0. The fourth-order valence-electron chi connectivity index (χ4n) is 0.789. The van der Waals surface area contributed by atoms with Crippen LogP contribution in [0.1, 0.15) is 6.42 Å². The first-order chi connectivity index (χ1) is 7.03. The van der Waals surface area contributed by atoms with Crippen LogP contribution in [0.15, 0.2) is 0 Å². The van der Waals surface area contributed by atoms with Gasteiger partial charge in [0.25, 0.3) is 5.19 Å². The highest BCUT2D eigenvalue weighted by atomic mass is 32.2. The van der Waals surface area contributed by atoms with Crippen molar-refractivity contribution in [2.45, 2.75) is 6.42 Å². The fourth-order valence-corrected chi connectivity index (χ4v) is 1.98. The number of nitrogens with one attached hydrogen (secondary N) is 1. The van der Waals surface area contributed by atoms with Gasteiger partial charge >= 0.3 is 0 Å². The second-order valence-electron chi connectivity index (χ2n) is 2.63. The van der Waals surface area contributed by atoms with E-state index in [0.717, 1.165) is 11.3 Å². The molecule has 1 rings (SSSR count). The molecule has 86 valence electrons. The molecule has 0 saturated heterocycles. The van der Waals surface area contributed by atoms with Crippen LogP contribution >= 0.6 is 11.3 Å². The lowest BCUT2D eigenvalue weighted by molar-refractivity contribution is 0.313. The highest BCUT2D eigenvalue weighted by Gasteiger charge is 2.07. The van der Waals surface area contributed by atoms with Gasteiger partial charge in [-0.1, -0.05) is 5.10 Å². The average molecular weight is 252 g/mol. The summed E-state index contributed by atoms with van der Waals surface area (Å²) in [4.78, 5) is 0. The monoisotopic (exact) mass is 252 g/mol. The summed E-state index contributed by atoms with van der Waals surface area (Å²) in [5.74, 6) is 0.0256. The first-order valence-corrected chi connectivity index (χ1v) is 6.63. The molecule has 1 aromatic heterocycles. The van der Waals surface area contributed by atoms with Gasteiger partial charge in [0.1, 0.15) is 0 Å². The third kappa shape index (κ3) is 4.40. The summed E-state index contributed by atoms with van der Waals surface area (Å²) in [6.45, 7) is 0.273. The molecule has 0 aromatic carbocycles. The molecule has 0 saturated carbocycles. The lowest BCUT2D eigenvalue weighted by Crippen LogP contribution is -2.23. The molecular formula is C6H12N4O3S2. The van der Waals surface area contributed by atoms with Crippen molar-refractivity contribution in [3.05, 3.63) is 0 Å². The largest absolute Gasteiger partial charge is 0.469 e. The van der Waals surface area contributed by atoms with Gasteiger partial charge in [-0.3, -0.25) is 0 Å². The summed E-state index contributed by atoms with van der Waals surface area (Å²) < 4.78 is 29.4. The van der Waals surface area contributed by atoms with E-state index in [9.17, 15) is 8.42 Å². The van der Waals surface area contributed by atoms with Gasteiger partial charge in [-0.2, -0.15) is 0 Å². The van der Waals surface area contributed by atoms with Crippen molar-refractivity contribution in [3.8, 4) is 5.19 Å². The number of aromatic nitrogens is 2. The van der Waals surface area contributed by atoms with Crippen LogP contribution in [0.4, 0.5) is 5.13 Å². The Morgan fingerprint density at radius 2 is 2.27 bits per heavy atom. The van der Waals surface area contributed by atoms with Gasteiger partial charge in [-0.05, 0) is 24.8 Å². The van der Waals surface area contributed by atoms with E-state index in [1.165, 1.54) is 7.05 Å². The zero-order valence-corrected chi connectivity index (χ0v) is 9.77. The predicted octanol–water partition coefficient (Wildman–Crippen LogP) is -0.562. The Morgan fingerprint density at radius 1 is 1.53 bits per heavy atom. The van der Waals surface area contributed by atoms with Gasteiger partial charge in [0, 0.05) is 0 Å². The second-order valence-corrected chi connectivity index (χ2v) is 5.65. The number of nitrogens with two attached hydrogens (primary N) is 1. The third-order valence-electron chi connectivity index (χ3n) is 1.52. The van der Waals surface area contributed by atoms with Crippen LogP contribution in [0.25, 0.3) is 0 Å². The number of nitrogens with zero attached hydrogens (tertiary/aromatic N) is 2. The molecule has 15 heavy (non-hydrogen) atoms. The topological polar surface area (TPSA) is 107 Å². The lowest BCUT2D eigenvalue weighted by atomic mass is 10.5. The molecule has 3 N–H and O–H groups in total. The van der Waals surface area contributed by atoms with Crippen LogP contribution in [-0.2, 0) is 10.0 Å². The Kier molecular flexibility index (Phi) is 4.24. The molecule has 9 heteroatoms. The van der Waals surface area contributed by atoms with Gasteiger partial charge in [0.2, 0.25) is 15.2 Å². The van der Waals surface area contributed by atoms with E-state index in [2.05, 4.69) is 14.9 Å². The van der Waals surface area contributed by atoms with Crippen LogP contribution < -0.4 is 15.2 Å². The van der Waals surface area contributed by atoms with E-state index in [-0.39, 0.29) is 12.4 Å². The average Bonchev–Trinajstić information content (AvgIpc) is 2.59. The van der Waals surface area contributed by atoms with Gasteiger partial charge in [-0.15, -0.1) is 5.10 Å². The number of sulfonamides is 1. The molecule has 7 nitrogen and oxygen atoms in total. The summed E-state index contributed by atoms with van der Waals surface area (Å²) in [5.41, 5.74) is 5.33. The number of hydrogen-bond acceptors (Lipinski definition) is 7. The Bertz CT molecular complexity index is 402. The number of nitrogen functional groups attached to an aromatic ring is 1. The highest BCUT2D eigenvalue weighted by molar-refractivity contribution is 7.89. The van der Waals surface area contributed by atoms with Crippen LogP contribution in [0, 0.1) is 0 Å². The van der Waals surface area contributed by atoms with Crippen molar-refractivity contribution in [1.29, 1.82) is 0 Å². The van der Waals surface area contributed by atoms with E-state index < -0.39 is 10.0 Å². The zero-order chi connectivity index (χ0) is 11.3. The summed E-state index contributed by atoms with van der Waals surface area (Å²) in [5, 5.41) is 7.86. The molecule has 0 bridgehead atoms. The van der Waals surface area contributed by atoms with Crippen molar-refractivity contribution in [1.82, 2.24) is 14.9 Å². The number of anilines is 1. The fraction of sp³-hybridized carbons (Fsp3) is 0.667. The van der Waals surface area contributed by atoms with Crippen LogP contribution in [0.5, 0.6) is 5.19 Å². The molecule has 0 fully saturated rings. The van der Waals surface area contributed by atoms with E-state index in [4.69, 9.17) is 10.5 Å². The molecule has 0 aliphatic heterocycles. The van der Waals surface area contributed by atoms with Crippen molar-refractivity contribution < 1.29 is 13.2 Å². The number of hydrogen-bond donors (Lipinski definition) is 2. The first kappa shape index (κ1) is 12.1. The van der Waals surface area contributed by atoms with Gasteiger partial charge in [-0.25, -0.2) is 13.1 Å². The van der Waals surface area contributed by atoms with E-state index in [1.807, 2.05) is 0 Å². The van der Waals surface area contributed by atoms with Crippen molar-refractivity contribution in [2.24, 2.45) is 0 Å². The molecule has 0 atom stereocenters. The summed E-state index contributed by atoms with van der Waals surface area (Å²) >= 11 is 1.12. The Hall–Kier alpha value is -0.930. The normalized spacial score (nSPS) is 11.5. The maximum absolute atomic E-state index is 11.0. The predicted molar refractivity (Wildman–Crippen MR) is 57.3 cm³/mol. The van der Waals surface area contributed by atoms with Gasteiger partial charge in [0.15, 0.2) is 0 Å². The van der Waals surface area contributed by atoms with Crippen molar-refractivity contribution in [3.63, 3.8) is 0 Å². The highest BCUT2D eigenvalue weighted by Crippen LogP contribution is 2.18. The minimum Gasteiger partial charge on any atom is -0.469 e. The molecule has 0 aliphatic rings.